The molecule has 4 aromatic carbocycles. The summed E-state index contributed by atoms with van der Waals surface area (Å²) >= 11 is 0. The maximum Gasteiger partial charge on any atom is 0.241 e. The van der Waals surface area contributed by atoms with Gasteiger partial charge in [-0.25, -0.2) is 13.1 Å². The van der Waals surface area contributed by atoms with Gasteiger partial charge in [-0.1, -0.05) is 109 Å². The molecule has 4 aromatic rings. The maximum atomic E-state index is 14.6. The first-order valence-corrected chi connectivity index (χ1v) is 13.7. The van der Waals surface area contributed by atoms with E-state index in [2.05, 4.69) is 4.72 Å². The topological polar surface area (TPSA) is 63.2 Å². The number of benzene rings is 4. The second-order valence-electron chi connectivity index (χ2n) is 7.49. The molecule has 0 aliphatic carbocycles. The fourth-order valence-corrected chi connectivity index (χ4v) is 7.92. The van der Waals surface area contributed by atoms with Gasteiger partial charge in [0.1, 0.15) is 7.14 Å². The van der Waals surface area contributed by atoms with E-state index in [1.165, 1.54) is 0 Å². The van der Waals surface area contributed by atoms with Crippen molar-refractivity contribution in [3.05, 3.63) is 127 Å². The molecular formula is C26H24NO3PS. The van der Waals surface area contributed by atoms with Crippen LogP contribution in [0.25, 0.3) is 0 Å². The lowest BCUT2D eigenvalue weighted by Crippen LogP contribution is -2.33. The Hall–Kier alpha value is -2.98. The minimum absolute atomic E-state index is 0.122. The van der Waals surface area contributed by atoms with Crippen LogP contribution in [-0.2, 0) is 14.6 Å². The summed E-state index contributed by atoms with van der Waals surface area (Å²) < 4.78 is 43.8. The number of hydrogen-bond donors (Lipinski definition) is 1. The number of nitrogens with one attached hydrogen (secondary N) is 1. The van der Waals surface area contributed by atoms with Crippen LogP contribution in [0.2, 0.25) is 0 Å². The van der Waals surface area contributed by atoms with Crippen LogP contribution in [0.4, 0.5) is 0 Å². The van der Waals surface area contributed by atoms with Crippen molar-refractivity contribution >= 4 is 27.8 Å². The van der Waals surface area contributed by atoms with Gasteiger partial charge in [0.25, 0.3) is 0 Å². The largest absolute Gasteiger partial charge is 0.314 e. The number of rotatable bonds is 8. The van der Waals surface area contributed by atoms with Crippen LogP contribution < -0.4 is 15.3 Å². The average Bonchev–Trinajstić information content (AvgIpc) is 2.85. The molecule has 0 amide bonds. The van der Waals surface area contributed by atoms with Crippen molar-refractivity contribution in [2.45, 2.75) is 10.9 Å². The van der Waals surface area contributed by atoms with Crippen LogP contribution in [0.3, 0.4) is 0 Å². The SMILES string of the molecule is O=P(CC(NS(=O)(=O)c1ccccc1)c1ccccc1)(c1ccccc1)c1ccccc1. The first-order chi connectivity index (χ1) is 15.5. The molecule has 0 aliphatic rings. The zero-order valence-electron chi connectivity index (χ0n) is 17.4. The highest BCUT2D eigenvalue weighted by Gasteiger charge is 2.33. The van der Waals surface area contributed by atoms with E-state index in [0.29, 0.717) is 10.6 Å². The molecule has 6 heteroatoms. The summed E-state index contributed by atoms with van der Waals surface area (Å²) in [6, 6.07) is 35.5. The second-order valence-corrected chi connectivity index (χ2v) is 12.1. The fraction of sp³-hybridized carbons (Fsp3) is 0.0769. The van der Waals surface area contributed by atoms with E-state index in [0.717, 1.165) is 5.56 Å². The third-order valence-electron chi connectivity index (χ3n) is 5.34. The van der Waals surface area contributed by atoms with Gasteiger partial charge in [0, 0.05) is 16.8 Å². The Morgan fingerprint density at radius 3 is 1.50 bits per heavy atom. The summed E-state index contributed by atoms with van der Waals surface area (Å²) in [5, 5.41) is 1.40. The summed E-state index contributed by atoms with van der Waals surface area (Å²) in [5.41, 5.74) is 0.763. The highest BCUT2D eigenvalue weighted by molar-refractivity contribution is 7.89. The standard InChI is InChI=1S/C26H24NO3PS/c28-31(23-15-7-2-8-16-23,24-17-9-3-10-18-24)21-26(22-13-5-1-6-14-22)27-32(29,30)25-19-11-4-12-20-25/h1-20,26-27H,21H2. The minimum Gasteiger partial charge on any atom is -0.314 e. The van der Waals surface area contributed by atoms with Gasteiger partial charge in [0.2, 0.25) is 10.0 Å². The molecule has 162 valence electrons. The molecule has 0 aliphatic heterocycles. The molecule has 0 heterocycles. The van der Waals surface area contributed by atoms with Gasteiger partial charge in [0.15, 0.2) is 0 Å². The Bertz CT molecular complexity index is 1250. The van der Waals surface area contributed by atoms with Crippen LogP contribution in [0.15, 0.2) is 126 Å². The van der Waals surface area contributed by atoms with Crippen molar-refractivity contribution in [1.82, 2.24) is 4.72 Å². The molecule has 32 heavy (non-hydrogen) atoms. The van der Waals surface area contributed by atoms with Crippen molar-refractivity contribution in [3.8, 4) is 0 Å². The van der Waals surface area contributed by atoms with E-state index in [1.807, 2.05) is 91.0 Å². The molecule has 0 bridgehead atoms. The quantitative estimate of drug-likeness (QED) is 0.386. The van der Waals surface area contributed by atoms with Crippen molar-refractivity contribution in [2.75, 3.05) is 6.16 Å². The molecule has 4 nitrogen and oxygen atoms in total. The molecular weight excluding hydrogens is 437 g/mol. The normalized spacial score (nSPS) is 12.9. The van der Waals surface area contributed by atoms with E-state index >= 15 is 0 Å². The fourth-order valence-electron chi connectivity index (χ4n) is 3.71. The summed E-state index contributed by atoms with van der Waals surface area (Å²) in [5.74, 6) is 0. The van der Waals surface area contributed by atoms with E-state index in [9.17, 15) is 13.0 Å². The molecule has 0 saturated heterocycles. The zero-order chi connectivity index (χ0) is 22.4. The third-order valence-corrected chi connectivity index (χ3v) is 9.97. The molecule has 4 rings (SSSR count). The van der Waals surface area contributed by atoms with Crippen LogP contribution in [0.5, 0.6) is 0 Å². The van der Waals surface area contributed by atoms with Crippen molar-refractivity contribution in [1.29, 1.82) is 0 Å². The van der Waals surface area contributed by atoms with Gasteiger partial charge in [0.05, 0.1) is 10.9 Å². The summed E-state index contributed by atoms with van der Waals surface area (Å²) in [6.45, 7) is 0. The summed E-state index contributed by atoms with van der Waals surface area (Å²) in [6.07, 6.45) is 0.122. The Kier molecular flexibility index (Phi) is 6.71. The first-order valence-electron chi connectivity index (χ1n) is 10.3. The van der Waals surface area contributed by atoms with Gasteiger partial charge in [-0.3, -0.25) is 0 Å². The Labute approximate surface area is 189 Å². The lowest BCUT2D eigenvalue weighted by molar-refractivity contribution is 0.560. The van der Waals surface area contributed by atoms with Crippen molar-refractivity contribution in [2.24, 2.45) is 0 Å². The third kappa shape index (κ3) is 4.91. The molecule has 0 spiro atoms. The first kappa shape index (κ1) is 22.2. The highest BCUT2D eigenvalue weighted by atomic mass is 32.2. The zero-order valence-corrected chi connectivity index (χ0v) is 19.1. The molecule has 0 saturated carbocycles. The molecule has 0 aromatic heterocycles. The van der Waals surface area contributed by atoms with Gasteiger partial charge in [-0.15, -0.1) is 0 Å². The van der Waals surface area contributed by atoms with E-state index < -0.39 is 23.2 Å². The molecule has 0 radical (unpaired) electrons. The smallest absolute Gasteiger partial charge is 0.241 e. The van der Waals surface area contributed by atoms with Crippen LogP contribution in [0, 0.1) is 0 Å². The van der Waals surface area contributed by atoms with E-state index in [4.69, 9.17) is 0 Å². The van der Waals surface area contributed by atoms with E-state index in [1.54, 1.807) is 30.3 Å². The maximum absolute atomic E-state index is 14.6. The monoisotopic (exact) mass is 461 g/mol. The van der Waals surface area contributed by atoms with Crippen LogP contribution >= 0.6 is 7.14 Å². The molecule has 1 unspecified atom stereocenters. The second kappa shape index (κ2) is 9.66. The highest BCUT2D eigenvalue weighted by Crippen LogP contribution is 2.46. The Balaban J connectivity index is 1.79. The summed E-state index contributed by atoms with van der Waals surface area (Å²) in [4.78, 5) is 0.176. The van der Waals surface area contributed by atoms with Crippen LogP contribution in [0.1, 0.15) is 11.6 Å². The average molecular weight is 462 g/mol. The van der Waals surface area contributed by atoms with Gasteiger partial charge in [-0.05, 0) is 17.7 Å². The number of hydrogen-bond acceptors (Lipinski definition) is 3. The van der Waals surface area contributed by atoms with Gasteiger partial charge >= 0.3 is 0 Å². The van der Waals surface area contributed by atoms with Crippen molar-refractivity contribution < 1.29 is 13.0 Å². The Morgan fingerprint density at radius 2 is 1.03 bits per heavy atom. The lowest BCUT2D eigenvalue weighted by atomic mass is 10.1. The van der Waals surface area contributed by atoms with Crippen molar-refractivity contribution in [3.63, 3.8) is 0 Å². The van der Waals surface area contributed by atoms with Gasteiger partial charge < -0.3 is 4.57 Å². The predicted octanol–water partition coefficient (Wildman–Crippen LogP) is 4.72. The number of sulfonamides is 1. The summed E-state index contributed by atoms with van der Waals surface area (Å²) in [7, 11) is -6.97. The van der Waals surface area contributed by atoms with Gasteiger partial charge in [-0.2, -0.15) is 0 Å². The lowest BCUT2D eigenvalue weighted by Gasteiger charge is -2.26. The Morgan fingerprint density at radius 1 is 0.625 bits per heavy atom. The predicted molar refractivity (Wildman–Crippen MR) is 131 cm³/mol. The molecule has 0 fully saturated rings. The minimum atomic E-state index is -3.82. The molecule has 1 atom stereocenters. The van der Waals surface area contributed by atoms with E-state index in [-0.39, 0.29) is 11.1 Å². The van der Waals surface area contributed by atoms with Crippen LogP contribution in [-0.4, -0.2) is 14.6 Å². The molecule has 1 N–H and O–H groups in total.